The first-order valence-electron chi connectivity index (χ1n) is 12.0. The van der Waals surface area contributed by atoms with E-state index in [1.165, 1.54) is 51.8 Å². The van der Waals surface area contributed by atoms with Crippen molar-refractivity contribution in [1.29, 1.82) is 0 Å². The molecule has 0 amide bonds. The Hall–Kier alpha value is -0.0244. The summed E-state index contributed by atoms with van der Waals surface area (Å²) in [6, 6.07) is 0. The summed E-state index contributed by atoms with van der Waals surface area (Å²) in [5.41, 5.74) is 2.96. The first kappa shape index (κ1) is 27.0. The summed E-state index contributed by atoms with van der Waals surface area (Å²) in [5, 5.41) is 22.0. The second-order valence-electron chi connectivity index (χ2n) is 10.1. The monoisotopic (exact) mass is 526 g/mol. The molecule has 0 unspecified atom stereocenters. The molecule has 0 radical (unpaired) electrons. The number of unbranched alkanes of at least 4 members (excludes halogenated alkanes) is 3. The van der Waals surface area contributed by atoms with Gasteiger partial charge in [-0.25, -0.2) is 0 Å². The summed E-state index contributed by atoms with van der Waals surface area (Å²) in [6.45, 7) is 13.4. The van der Waals surface area contributed by atoms with Crippen LogP contribution in [0.1, 0.15) is 72.1 Å². The Labute approximate surface area is 186 Å². The first-order valence-corrected chi connectivity index (χ1v) is 23.2. The Bertz CT molecular complexity index is 587. The Balaban J connectivity index is 3.11. The van der Waals surface area contributed by atoms with Gasteiger partial charge in [-0.05, 0) is 0 Å². The molecule has 1 rings (SSSR count). The number of hydrogen-bond donors (Lipinski definition) is 2. The molecular weight excluding hydrogens is 479 g/mol. The van der Waals surface area contributed by atoms with Gasteiger partial charge in [0.15, 0.2) is 0 Å². The van der Waals surface area contributed by atoms with Crippen LogP contribution in [0, 0.1) is 11.5 Å². The molecule has 0 fully saturated rings. The number of aliphatic hydroxyl groups excluding tert-OH is 1. The number of allylic oxidation sites excluding steroid dienone is 1. The van der Waals surface area contributed by atoms with E-state index in [1.807, 2.05) is 0 Å². The van der Waals surface area contributed by atoms with Gasteiger partial charge >= 0.3 is 187 Å². The van der Waals surface area contributed by atoms with Gasteiger partial charge in [-0.1, -0.05) is 0 Å². The van der Waals surface area contributed by atoms with Crippen molar-refractivity contribution in [3.8, 4) is 11.5 Å². The molecule has 0 saturated carbocycles. The zero-order chi connectivity index (χ0) is 22.0. The van der Waals surface area contributed by atoms with Crippen LogP contribution in [-0.2, 0) is 0 Å². The fourth-order valence-corrected chi connectivity index (χ4v) is 18.9. The zero-order valence-corrected chi connectivity index (χ0v) is 23.8. The summed E-state index contributed by atoms with van der Waals surface area (Å²) in [7, 11) is -1.58. The maximum absolute atomic E-state index is 11.3. The SMILES string of the molecule is CCC[CH2][Sn](/[CH]=C/C1=CCC[C@]1(O)[C@@H](O)C#C[Si](C)(C)C)([CH2]CCC)[CH2]CCC. The van der Waals surface area contributed by atoms with Crippen LogP contribution in [0.15, 0.2) is 21.8 Å². The van der Waals surface area contributed by atoms with Gasteiger partial charge < -0.3 is 0 Å². The van der Waals surface area contributed by atoms with E-state index in [-0.39, 0.29) is 0 Å². The second kappa shape index (κ2) is 12.7. The maximum atomic E-state index is 11.3. The van der Waals surface area contributed by atoms with Crippen LogP contribution in [0.25, 0.3) is 0 Å². The van der Waals surface area contributed by atoms with E-state index in [1.54, 1.807) is 0 Å². The van der Waals surface area contributed by atoms with Crippen LogP contribution in [0.4, 0.5) is 0 Å². The van der Waals surface area contributed by atoms with E-state index in [0.29, 0.717) is 6.42 Å². The molecule has 0 aliphatic heterocycles. The molecule has 4 heteroatoms. The fraction of sp³-hybridized carbons (Fsp3) is 0.760. The molecule has 2 N–H and O–H groups in total. The summed E-state index contributed by atoms with van der Waals surface area (Å²) in [6.07, 6.45) is 12.6. The molecule has 2 atom stereocenters. The molecule has 0 bridgehead atoms. The molecule has 0 heterocycles. The molecule has 166 valence electrons. The Kier molecular flexibility index (Phi) is 11.9. The van der Waals surface area contributed by atoms with E-state index >= 15 is 0 Å². The van der Waals surface area contributed by atoms with Crippen LogP contribution in [0.2, 0.25) is 33.0 Å². The first-order chi connectivity index (χ1) is 13.6. The van der Waals surface area contributed by atoms with E-state index in [2.05, 4.69) is 68.1 Å². The van der Waals surface area contributed by atoms with Crippen LogP contribution < -0.4 is 0 Å². The van der Waals surface area contributed by atoms with Crippen LogP contribution >= 0.6 is 0 Å². The minimum atomic E-state index is -2.40. The van der Waals surface area contributed by atoms with E-state index in [0.717, 1.165) is 12.0 Å². The molecule has 0 saturated heterocycles. The predicted molar refractivity (Wildman–Crippen MR) is 133 cm³/mol. The number of aliphatic hydroxyl groups is 2. The molecule has 1 aliphatic rings. The molecule has 2 nitrogen and oxygen atoms in total. The third-order valence-electron chi connectivity index (χ3n) is 6.13. The van der Waals surface area contributed by atoms with Crippen molar-refractivity contribution in [2.75, 3.05) is 0 Å². The Morgan fingerprint density at radius 2 is 1.59 bits per heavy atom. The molecule has 29 heavy (non-hydrogen) atoms. The number of rotatable bonds is 12. The van der Waals surface area contributed by atoms with E-state index < -0.39 is 38.2 Å². The molecule has 0 aromatic rings. The molecule has 0 spiro atoms. The van der Waals surface area contributed by atoms with E-state index in [4.69, 9.17) is 0 Å². The zero-order valence-electron chi connectivity index (χ0n) is 20.0. The summed E-state index contributed by atoms with van der Waals surface area (Å²) < 4.78 is 6.86. The molecular formula is C25H46O2SiSn. The normalized spacial score (nSPS) is 21.2. The van der Waals surface area contributed by atoms with Gasteiger partial charge in [0, 0.05) is 0 Å². The quantitative estimate of drug-likeness (QED) is 0.222. The average molecular weight is 525 g/mol. The van der Waals surface area contributed by atoms with E-state index in [9.17, 15) is 10.2 Å². The van der Waals surface area contributed by atoms with Crippen molar-refractivity contribution >= 4 is 26.5 Å². The molecule has 0 aromatic carbocycles. The van der Waals surface area contributed by atoms with Crippen LogP contribution in [0.5, 0.6) is 0 Å². The van der Waals surface area contributed by atoms with Crippen molar-refractivity contribution in [2.45, 2.75) is 117 Å². The Morgan fingerprint density at radius 3 is 2.03 bits per heavy atom. The average Bonchev–Trinajstić information content (AvgIpc) is 3.06. The minimum absolute atomic E-state index is 0.579. The van der Waals surface area contributed by atoms with Gasteiger partial charge in [-0.15, -0.1) is 0 Å². The molecule has 0 aromatic heterocycles. The number of hydrogen-bond acceptors (Lipinski definition) is 2. The van der Waals surface area contributed by atoms with Gasteiger partial charge in [-0.3, -0.25) is 0 Å². The van der Waals surface area contributed by atoms with Crippen molar-refractivity contribution < 1.29 is 10.2 Å². The van der Waals surface area contributed by atoms with Crippen LogP contribution in [0.3, 0.4) is 0 Å². The summed E-state index contributed by atoms with van der Waals surface area (Å²) in [5.74, 6) is 2.99. The Morgan fingerprint density at radius 1 is 1.07 bits per heavy atom. The van der Waals surface area contributed by atoms with Gasteiger partial charge in [0.2, 0.25) is 0 Å². The van der Waals surface area contributed by atoms with Gasteiger partial charge in [0.1, 0.15) is 0 Å². The summed E-state index contributed by atoms with van der Waals surface area (Å²) >= 11 is -2.40. The fourth-order valence-electron chi connectivity index (χ4n) is 4.16. The predicted octanol–water partition coefficient (Wildman–Crippen LogP) is 6.62. The van der Waals surface area contributed by atoms with Gasteiger partial charge in [0.25, 0.3) is 0 Å². The third kappa shape index (κ3) is 8.93. The van der Waals surface area contributed by atoms with Crippen molar-refractivity contribution in [2.24, 2.45) is 0 Å². The summed E-state index contributed by atoms with van der Waals surface area (Å²) in [4.78, 5) is 0. The van der Waals surface area contributed by atoms with Gasteiger partial charge in [-0.2, -0.15) is 0 Å². The topological polar surface area (TPSA) is 40.5 Å². The molecule has 1 aliphatic carbocycles. The third-order valence-corrected chi connectivity index (χ3v) is 21.1. The van der Waals surface area contributed by atoms with Crippen molar-refractivity contribution in [3.63, 3.8) is 0 Å². The second-order valence-corrected chi connectivity index (χ2v) is 27.8. The van der Waals surface area contributed by atoms with Crippen molar-refractivity contribution in [1.82, 2.24) is 0 Å². The van der Waals surface area contributed by atoms with Gasteiger partial charge in [0.05, 0.1) is 0 Å². The van der Waals surface area contributed by atoms with Crippen molar-refractivity contribution in [3.05, 3.63) is 21.8 Å². The van der Waals surface area contributed by atoms with Crippen LogP contribution in [-0.4, -0.2) is 48.4 Å². The standard InChI is InChI=1S/C13H19O2Si.3C4H9.Sn/c1-5-11-7-6-9-13(11,15)12(14)8-10-16(2,3)4;3*1-3-4-2;/h1,5,7,12,14-15H,6,9H2,2-4H3;3*1,3-4H2,2H3;/t12-,13+;;;;/m0..../s1.